The van der Waals surface area contributed by atoms with E-state index in [0.29, 0.717) is 43.7 Å². The van der Waals surface area contributed by atoms with Crippen LogP contribution in [0.1, 0.15) is 53.6 Å². The zero-order chi connectivity index (χ0) is 16.8. The molecule has 23 heavy (non-hydrogen) atoms. The second kappa shape index (κ2) is 5.60. The summed E-state index contributed by atoms with van der Waals surface area (Å²) in [5.41, 5.74) is 0.665. The monoisotopic (exact) mass is 317 g/mol. The fourth-order valence-corrected chi connectivity index (χ4v) is 3.48. The molecule has 1 fully saturated rings. The van der Waals surface area contributed by atoms with Gasteiger partial charge in [0.2, 0.25) is 0 Å². The van der Waals surface area contributed by atoms with Gasteiger partial charge in [-0.05, 0) is 24.8 Å². The van der Waals surface area contributed by atoms with Gasteiger partial charge in [0.05, 0.1) is 0 Å². The molecule has 0 bridgehead atoms. The molecule has 0 unspecified atom stereocenters. The number of nitrogens with zero attached hydrogens (tertiary/aromatic N) is 1. The number of ketones is 1. The first-order chi connectivity index (χ1) is 10.8. The molecule has 1 atom stereocenters. The number of aromatic amines is 1. The van der Waals surface area contributed by atoms with Crippen LogP contribution in [0.25, 0.3) is 0 Å². The van der Waals surface area contributed by atoms with Crippen LogP contribution < -0.4 is 10.9 Å². The van der Waals surface area contributed by atoms with E-state index in [1.165, 1.54) is 6.07 Å². The summed E-state index contributed by atoms with van der Waals surface area (Å²) < 4.78 is 0. The van der Waals surface area contributed by atoms with Crippen molar-refractivity contribution in [2.75, 3.05) is 19.6 Å². The van der Waals surface area contributed by atoms with Crippen LogP contribution in [-0.4, -0.2) is 47.3 Å². The smallest absolute Gasteiger partial charge is 0.261 e. The number of H-pyrrole nitrogens is 1. The lowest BCUT2D eigenvalue weighted by Gasteiger charge is -2.34. The molecule has 0 aromatic carbocycles. The minimum atomic E-state index is -0.398. The van der Waals surface area contributed by atoms with Crippen LogP contribution in [0.2, 0.25) is 0 Å². The minimum Gasteiger partial charge on any atom is -0.333 e. The van der Waals surface area contributed by atoms with Gasteiger partial charge in [0.15, 0.2) is 5.78 Å². The third-order valence-corrected chi connectivity index (χ3v) is 4.71. The summed E-state index contributed by atoms with van der Waals surface area (Å²) >= 11 is 0. The van der Waals surface area contributed by atoms with Gasteiger partial charge in [-0.3, -0.25) is 14.4 Å². The minimum absolute atomic E-state index is 0.00471. The number of carbonyl (C=O) groups excluding carboxylic acids is 2. The first kappa shape index (κ1) is 15.9. The number of hydrogen-bond donors (Lipinski definition) is 2. The highest BCUT2D eigenvalue weighted by Crippen LogP contribution is 2.33. The summed E-state index contributed by atoms with van der Waals surface area (Å²) in [5.74, 6) is -0.296. The Labute approximate surface area is 135 Å². The van der Waals surface area contributed by atoms with Gasteiger partial charge in [0.25, 0.3) is 11.5 Å². The van der Waals surface area contributed by atoms with Crippen LogP contribution >= 0.6 is 0 Å². The quantitative estimate of drug-likeness (QED) is 0.808. The molecule has 6 nitrogen and oxygen atoms in total. The van der Waals surface area contributed by atoms with Crippen LogP contribution in [0.5, 0.6) is 0 Å². The van der Waals surface area contributed by atoms with Crippen molar-refractivity contribution in [2.45, 2.75) is 39.7 Å². The van der Waals surface area contributed by atoms with Crippen molar-refractivity contribution in [1.82, 2.24) is 15.2 Å². The lowest BCUT2D eigenvalue weighted by atomic mass is 9.75. The predicted molar refractivity (Wildman–Crippen MR) is 86.9 cm³/mol. The fraction of sp³-hybridized carbons (Fsp3) is 0.588. The number of fused-ring (bicyclic) bond motifs is 1. The van der Waals surface area contributed by atoms with Crippen molar-refractivity contribution in [3.05, 3.63) is 33.2 Å². The van der Waals surface area contributed by atoms with E-state index < -0.39 is 5.56 Å². The Morgan fingerprint density at radius 1 is 1.30 bits per heavy atom. The molecule has 0 spiro atoms. The Balaban J connectivity index is 1.99. The Kier molecular flexibility index (Phi) is 3.88. The second-order valence-corrected chi connectivity index (χ2v) is 7.40. The standard InChI is InChI=1S/C17H23N3O3/c1-10-9-18-4-5-20(10)16(23)12-6-11-13(19-15(12)22)7-17(2,3)8-14(11)21/h6,10,18H,4-5,7-9H2,1-3H3,(H,19,22)/t10-/m0/s1. The summed E-state index contributed by atoms with van der Waals surface area (Å²) in [6, 6.07) is 1.53. The predicted octanol–water partition coefficient (Wildman–Crippen LogP) is 0.964. The Morgan fingerprint density at radius 3 is 2.74 bits per heavy atom. The molecule has 1 saturated heterocycles. The van der Waals surface area contributed by atoms with Gasteiger partial charge in [0, 0.05) is 43.4 Å². The fourth-order valence-electron chi connectivity index (χ4n) is 3.48. The van der Waals surface area contributed by atoms with Gasteiger partial charge in [0.1, 0.15) is 5.56 Å². The molecule has 2 heterocycles. The number of nitrogens with one attached hydrogen (secondary N) is 2. The summed E-state index contributed by atoms with van der Waals surface area (Å²) in [5, 5.41) is 3.22. The number of rotatable bonds is 1. The zero-order valence-electron chi connectivity index (χ0n) is 13.9. The Hall–Kier alpha value is -1.95. The maximum absolute atomic E-state index is 12.7. The van der Waals surface area contributed by atoms with E-state index in [1.807, 2.05) is 20.8 Å². The number of carbonyl (C=O) groups is 2. The second-order valence-electron chi connectivity index (χ2n) is 7.40. The highest BCUT2D eigenvalue weighted by molar-refractivity contribution is 6.02. The van der Waals surface area contributed by atoms with E-state index in [2.05, 4.69) is 10.3 Å². The van der Waals surface area contributed by atoms with Crippen molar-refractivity contribution < 1.29 is 9.59 Å². The normalized spacial score (nSPS) is 23.5. The first-order valence-electron chi connectivity index (χ1n) is 8.09. The van der Waals surface area contributed by atoms with Crippen LogP contribution in [0.15, 0.2) is 10.9 Å². The maximum Gasteiger partial charge on any atom is 0.261 e. The number of piperazine rings is 1. The van der Waals surface area contributed by atoms with Gasteiger partial charge < -0.3 is 15.2 Å². The largest absolute Gasteiger partial charge is 0.333 e. The lowest BCUT2D eigenvalue weighted by molar-refractivity contribution is 0.0654. The molecule has 6 heteroatoms. The maximum atomic E-state index is 12.7. The molecule has 1 aromatic heterocycles. The molecular formula is C17H23N3O3. The number of hydrogen-bond acceptors (Lipinski definition) is 4. The van der Waals surface area contributed by atoms with E-state index in [0.717, 1.165) is 0 Å². The summed E-state index contributed by atoms with van der Waals surface area (Å²) in [4.78, 5) is 41.9. The molecule has 1 amide bonds. The molecular weight excluding hydrogens is 294 g/mol. The van der Waals surface area contributed by atoms with Crippen LogP contribution in [0.3, 0.4) is 0 Å². The van der Waals surface area contributed by atoms with Crippen molar-refractivity contribution in [2.24, 2.45) is 5.41 Å². The van der Waals surface area contributed by atoms with Gasteiger partial charge in [-0.1, -0.05) is 13.8 Å². The molecule has 3 rings (SSSR count). The number of aromatic nitrogens is 1. The van der Waals surface area contributed by atoms with Crippen LogP contribution in [0.4, 0.5) is 0 Å². The summed E-state index contributed by atoms with van der Waals surface area (Å²) in [6.45, 7) is 7.96. The average molecular weight is 317 g/mol. The van der Waals surface area contributed by atoms with Crippen LogP contribution in [0, 0.1) is 5.41 Å². The third kappa shape index (κ3) is 2.95. The molecule has 1 aliphatic heterocycles. The van der Waals surface area contributed by atoms with E-state index in [4.69, 9.17) is 0 Å². The molecule has 0 radical (unpaired) electrons. The Bertz CT molecular complexity index is 720. The van der Waals surface area contributed by atoms with Crippen molar-refractivity contribution in [3.63, 3.8) is 0 Å². The summed E-state index contributed by atoms with van der Waals surface area (Å²) in [7, 11) is 0. The van der Waals surface area contributed by atoms with Gasteiger partial charge >= 0.3 is 0 Å². The van der Waals surface area contributed by atoms with Crippen molar-refractivity contribution in [1.29, 1.82) is 0 Å². The van der Waals surface area contributed by atoms with Crippen LogP contribution in [-0.2, 0) is 6.42 Å². The molecule has 1 aliphatic carbocycles. The highest BCUT2D eigenvalue weighted by Gasteiger charge is 2.34. The zero-order valence-corrected chi connectivity index (χ0v) is 13.9. The average Bonchev–Trinajstić information content (AvgIpc) is 2.45. The highest BCUT2D eigenvalue weighted by atomic mass is 16.2. The van der Waals surface area contributed by atoms with E-state index in [1.54, 1.807) is 4.90 Å². The lowest BCUT2D eigenvalue weighted by Crippen LogP contribution is -2.53. The molecule has 2 N–H and O–H groups in total. The number of Topliss-reactive ketones (excluding diaryl/α,β-unsaturated/α-hetero) is 1. The molecule has 2 aliphatic rings. The topological polar surface area (TPSA) is 82.3 Å². The summed E-state index contributed by atoms with van der Waals surface area (Å²) in [6.07, 6.45) is 1.07. The van der Waals surface area contributed by atoms with E-state index in [-0.39, 0.29) is 28.7 Å². The number of pyridine rings is 1. The van der Waals surface area contributed by atoms with Gasteiger partial charge in [-0.2, -0.15) is 0 Å². The molecule has 124 valence electrons. The van der Waals surface area contributed by atoms with E-state index >= 15 is 0 Å². The first-order valence-corrected chi connectivity index (χ1v) is 8.09. The molecule has 1 aromatic rings. The number of amides is 1. The molecule has 0 saturated carbocycles. The van der Waals surface area contributed by atoms with E-state index in [9.17, 15) is 14.4 Å². The Morgan fingerprint density at radius 2 is 2.04 bits per heavy atom. The van der Waals surface area contributed by atoms with Crippen molar-refractivity contribution >= 4 is 11.7 Å². The van der Waals surface area contributed by atoms with Crippen molar-refractivity contribution in [3.8, 4) is 0 Å². The third-order valence-electron chi connectivity index (χ3n) is 4.71. The van der Waals surface area contributed by atoms with Gasteiger partial charge in [-0.25, -0.2) is 0 Å². The SMILES string of the molecule is C[C@H]1CNCCN1C(=O)c1cc2c([nH]c1=O)CC(C)(C)CC2=O. The van der Waals surface area contributed by atoms with Gasteiger partial charge in [-0.15, -0.1) is 0 Å².